The average Bonchev–Trinajstić information content (AvgIpc) is 2.77. The van der Waals surface area contributed by atoms with E-state index in [1.807, 2.05) is 26.0 Å². The molecular weight excluding hydrogens is 388 g/mol. The molecule has 1 aliphatic rings. The Bertz CT molecular complexity index is 1080. The molecular formula is C22H21F2N5O. The molecule has 0 N–H and O–H groups in total. The number of aromatic nitrogens is 3. The molecule has 8 heteroatoms. The van der Waals surface area contributed by atoms with Crippen LogP contribution in [0.4, 0.5) is 14.6 Å². The Labute approximate surface area is 173 Å². The van der Waals surface area contributed by atoms with Crippen molar-refractivity contribution in [2.75, 3.05) is 31.1 Å². The van der Waals surface area contributed by atoms with Gasteiger partial charge in [0.1, 0.15) is 5.82 Å². The van der Waals surface area contributed by atoms with Crippen molar-refractivity contribution >= 4 is 11.7 Å². The number of hydrogen-bond acceptors (Lipinski definition) is 5. The minimum Gasteiger partial charge on any atom is -0.353 e. The summed E-state index contributed by atoms with van der Waals surface area (Å²) in [5, 5.41) is 0. The Balaban J connectivity index is 1.52. The van der Waals surface area contributed by atoms with E-state index in [0.717, 1.165) is 34.8 Å². The molecule has 0 atom stereocenters. The van der Waals surface area contributed by atoms with Crippen molar-refractivity contribution in [3.63, 3.8) is 0 Å². The van der Waals surface area contributed by atoms with E-state index >= 15 is 0 Å². The third-order valence-corrected chi connectivity index (χ3v) is 5.32. The summed E-state index contributed by atoms with van der Waals surface area (Å²) in [6.07, 6.45) is 3.43. The summed E-state index contributed by atoms with van der Waals surface area (Å²) in [6.45, 7) is 6.02. The lowest BCUT2D eigenvalue weighted by atomic mass is 10.1. The average molecular weight is 409 g/mol. The van der Waals surface area contributed by atoms with Crippen molar-refractivity contribution in [1.29, 1.82) is 0 Å². The minimum absolute atomic E-state index is 0.148. The summed E-state index contributed by atoms with van der Waals surface area (Å²) < 4.78 is 26.6. The molecule has 1 saturated heterocycles. The van der Waals surface area contributed by atoms with Gasteiger partial charge in [-0.25, -0.2) is 18.7 Å². The number of anilines is 1. The van der Waals surface area contributed by atoms with Crippen LogP contribution in [0.3, 0.4) is 0 Å². The predicted molar refractivity (Wildman–Crippen MR) is 109 cm³/mol. The standard InChI is InChI=1S/C22H21F2N5O/c1-14-15(2)26-20(17-4-3-7-25-13-17)27-21(14)28-8-10-29(11-9-28)22(30)16-5-6-18(23)19(24)12-16/h3-7,12-13H,8-11H2,1-2H3. The Morgan fingerprint density at radius 3 is 2.43 bits per heavy atom. The van der Waals surface area contributed by atoms with Gasteiger partial charge in [-0.1, -0.05) is 0 Å². The minimum atomic E-state index is -1.02. The van der Waals surface area contributed by atoms with Gasteiger partial charge < -0.3 is 9.80 Å². The van der Waals surface area contributed by atoms with Gasteiger partial charge in [0.05, 0.1) is 0 Å². The van der Waals surface area contributed by atoms with Gasteiger partial charge >= 0.3 is 0 Å². The van der Waals surface area contributed by atoms with Crippen LogP contribution >= 0.6 is 0 Å². The molecule has 4 rings (SSSR count). The smallest absolute Gasteiger partial charge is 0.254 e. The summed E-state index contributed by atoms with van der Waals surface area (Å²) in [4.78, 5) is 29.9. The molecule has 2 aromatic heterocycles. The van der Waals surface area contributed by atoms with E-state index in [9.17, 15) is 13.6 Å². The van der Waals surface area contributed by atoms with Gasteiger partial charge in [0.2, 0.25) is 0 Å². The van der Waals surface area contributed by atoms with Crippen LogP contribution in [-0.4, -0.2) is 51.9 Å². The molecule has 3 aromatic rings. The second-order valence-electron chi connectivity index (χ2n) is 7.23. The fourth-order valence-corrected chi connectivity index (χ4v) is 3.48. The molecule has 0 radical (unpaired) electrons. The van der Waals surface area contributed by atoms with Crippen LogP contribution in [-0.2, 0) is 0 Å². The van der Waals surface area contributed by atoms with Crippen LogP contribution in [0.2, 0.25) is 0 Å². The number of carbonyl (C=O) groups is 1. The summed E-state index contributed by atoms with van der Waals surface area (Å²) in [5.41, 5.74) is 2.87. The molecule has 0 aliphatic carbocycles. The molecule has 30 heavy (non-hydrogen) atoms. The highest BCUT2D eigenvalue weighted by Gasteiger charge is 2.25. The second kappa shape index (κ2) is 8.14. The van der Waals surface area contributed by atoms with E-state index in [2.05, 4.69) is 14.9 Å². The summed E-state index contributed by atoms with van der Waals surface area (Å²) in [7, 11) is 0. The SMILES string of the molecule is Cc1nc(-c2cccnc2)nc(N2CCN(C(=O)c3ccc(F)c(F)c3)CC2)c1C. The first-order valence-corrected chi connectivity index (χ1v) is 9.69. The molecule has 1 aliphatic heterocycles. The van der Waals surface area contributed by atoms with E-state index in [-0.39, 0.29) is 11.5 Å². The number of benzene rings is 1. The first-order valence-electron chi connectivity index (χ1n) is 9.69. The molecule has 1 aromatic carbocycles. The topological polar surface area (TPSA) is 62.2 Å². The second-order valence-corrected chi connectivity index (χ2v) is 7.23. The lowest BCUT2D eigenvalue weighted by Crippen LogP contribution is -2.49. The largest absolute Gasteiger partial charge is 0.353 e. The van der Waals surface area contributed by atoms with Gasteiger partial charge in [0.25, 0.3) is 5.91 Å². The van der Waals surface area contributed by atoms with Gasteiger partial charge in [-0.05, 0) is 44.2 Å². The highest BCUT2D eigenvalue weighted by Crippen LogP contribution is 2.25. The Morgan fingerprint density at radius 1 is 1.00 bits per heavy atom. The number of nitrogens with zero attached hydrogens (tertiary/aromatic N) is 5. The molecule has 0 bridgehead atoms. The van der Waals surface area contributed by atoms with Crippen LogP contribution < -0.4 is 4.90 Å². The number of pyridine rings is 1. The normalized spacial score (nSPS) is 14.1. The van der Waals surface area contributed by atoms with E-state index in [4.69, 9.17) is 4.98 Å². The third-order valence-electron chi connectivity index (χ3n) is 5.32. The quantitative estimate of drug-likeness (QED) is 0.664. The lowest BCUT2D eigenvalue weighted by molar-refractivity contribution is 0.0746. The molecule has 0 spiro atoms. The van der Waals surface area contributed by atoms with Crippen molar-refractivity contribution in [1.82, 2.24) is 19.9 Å². The maximum absolute atomic E-state index is 13.5. The van der Waals surface area contributed by atoms with Crippen molar-refractivity contribution in [3.05, 3.63) is 71.2 Å². The van der Waals surface area contributed by atoms with Gasteiger partial charge in [0, 0.05) is 61.0 Å². The first-order chi connectivity index (χ1) is 14.4. The fourth-order valence-electron chi connectivity index (χ4n) is 3.48. The zero-order valence-electron chi connectivity index (χ0n) is 16.8. The first kappa shape index (κ1) is 19.9. The van der Waals surface area contributed by atoms with E-state index < -0.39 is 11.6 Å². The molecule has 154 valence electrons. The number of carbonyl (C=O) groups excluding carboxylic acids is 1. The van der Waals surface area contributed by atoms with Crippen molar-refractivity contribution < 1.29 is 13.6 Å². The highest BCUT2D eigenvalue weighted by atomic mass is 19.2. The van der Waals surface area contributed by atoms with E-state index in [1.54, 1.807) is 17.3 Å². The lowest BCUT2D eigenvalue weighted by Gasteiger charge is -2.36. The zero-order valence-corrected chi connectivity index (χ0v) is 16.8. The summed E-state index contributed by atoms with van der Waals surface area (Å²) in [5.74, 6) is -0.840. The van der Waals surface area contributed by atoms with Gasteiger partial charge in [-0.2, -0.15) is 0 Å². The van der Waals surface area contributed by atoms with Gasteiger partial charge in [0.15, 0.2) is 17.5 Å². The molecule has 3 heterocycles. The number of amides is 1. The number of aryl methyl sites for hydroxylation is 1. The number of rotatable bonds is 3. The fraction of sp³-hybridized carbons (Fsp3) is 0.273. The summed E-state index contributed by atoms with van der Waals surface area (Å²) >= 11 is 0. The van der Waals surface area contributed by atoms with Crippen LogP contribution in [0.25, 0.3) is 11.4 Å². The van der Waals surface area contributed by atoms with Gasteiger partial charge in [-0.15, -0.1) is 0 Å². The Morgan fingerprint density at radius 2 is 1.77 bits per heavy atom. The monoisotopic (exact) mass is 409 g/mol. The zero-order chi connectivity index (χ0) is 21.3. The molecule has 0 unspecified atom stereocenters. The molecule has 6 nitrogen and oxygen atoms in total. The van der Waals surface area contributed by atoms with Crippen LogP contribution in [0.5, 0.6) is 0 Å². The van der Waals surface area contributed by atoms with Crippen LogP contribution in [0.1, 0.15) is 21.6 Å². The maximum Gasteiger partial charge on any atom is 0.254 e. The third kappa shape index (κ3) is 3.85. The maximum atomic E-state index is 13.5. The van der Waals surface area contributed by atoms with E-state index in [0.29, 0.717) is 32.0 Å². The van der Waals surface area contributed by atoms with Crippen LogP contribution in [0.15, 0.2) is 42.7 Å². The molecule has 0 saturated carbocycles. The number of piperazine rings is 1. The van der Waals surface area contributed by atoms with E-state index in [1.165, 1.54) is 6.07 Å². The van der Waals surface area contributed by atoms with Crippen molar-refractivity contribution in [3.8, 4) is 11.4 Å². The summed E-state index contributed by atoms with van der Waals surface area (Å²) in [6, 6.07) is 6.99. The number of hydrogen-bond donors (Lipinski definition) is 0. The highest BCUT2D eigenvalue weighted by molar-refractivity contribution is 5.94. The van der Waals surface area contributed by atoms with Crippen LogP contribution in [0, 0.1) is 25.5 Å². The molecule has 1 fully saturated rings. The predicted octanol–water partition coefficient (Wildman–Crippen LogP) is 3.40. The van der Waals surface area contributed by atoms with Crippen molar-refractivity contribution in [2.45, 2.75) is 13.8 Å². The Kier molecular flexibility index (Phi) is 5.39. The Hall–Kier alpha value is -3.42. The van der Waals surface area contributed by atoms with Gasteiger partial charge in [-0.3, -0.25) is 9.78 Å². The molecule has 1 amide bonds. The number of halogens is 2. The van der Waals surface area contributed by atoms with Crippen molar-refractivity contribution in [2.24, 2.45) is 0 Å².